The van der Waals surface area contributed by atoms with Crippen molar-refractivity contribution in [2.45, 2.75) is 72.3 Å². The molecular weight excluding hydrogens is 631 g/mol. The summed E-state index contributed by atoms with van der Waals surface area (Å²) < 4.78 is 19.5. The lowest BCUT2D eigenvalue weighted by molar-refractivity contribution is 0.0139. The fourth-order valence-electron chi connectivity index (χ4n) is 5.89. The number of benzene rings is 1. The van der Waals surface area contributed by atoms with Crippen LogP contribution in [0.1, 0.15) is 31.5 Å². The van der Waals surface area contributed by atoms with Gasteiger partial charge in [0.2, 0.25) is 0 Å². The maximum absolute atomic E-state index is 12.6. The summed E-state index contributed by atoms with van der Waals surface area (Å²) in [7, 11) is -1.17. The maximum Gasteiger partial charge on any atom is 0.410 e. The molecule has 4 aromatic rings. The summed E-state index contributed by atoms with van der Waals surface area (Å²) in [5, 5.41) is 1.08. The molecule has 6 rings (SSSR count). The number of aromatic nitrogens is 4. The first kappa shape index (κ1) is 33.8. The van der Waals surface area contributed by atoms with Gasteiger partial charge in [-0.1, -0.05) is 19.6 Å². The first-order valence-corrected chi connectivity index (χ1v) is 21.2. The van der Waals surface area contributed by atoms with Gasteiger partial charge in [0, 0.05) is 70.9 Å². The van der Waals surface area contributed by atoms with E-state index in [-0.39, 0.29) is 6.09 Å². The number of amides is 1. The molecule has 254 valence electrons. The minimum absolute atomic E-state index is 0.233. The number of hydrogen-bond donors (Lipinski definition) is 0. The summed E-state index contributed by atoms with van der Waals surface area (Å²) in [6.07, 6.45) is -0.233. The molecule has 0 bridgehead atoms. The first-order valence-electron chi connectivity index (χ1n) is 16.7. The number of aryl methyl sites for hydroxylation is 1. The second-order valence-corrected chi connectivity index (χ2v) is 21.5. The minimum atomic E-state index is -1.17. The molecule has 2 aliphatic heterocycles. The van der Waals surface area contributed by atoms with E-state index in [0.29, 0.717) is 38.9 Å². The molecular formula is C34H49N7O4SSi. The molecule has 2 saturated heterocycles. The fraction of sp³-hybridized carbons (Fsp3) is 0.588. The van der Waals surface area contributed by atoms with E-state index < -0.39 is 13.7 Å². The lowest BCUT2D eigenvalue weighted by Gasteiger charge is -2.35. The number of carbonyl (C=O) groups excluding carboxylic acids is 1. The standard InChI is InChI=1S/C34H49N7O4SSi/c1-24-35-28-9-8-25(20-29(28)41(24)23-44-18-19-47(5,6)7)30-36-31(39-14-16-43-17-15-39)27-21-26(46-32(27)37-30)22-38-10-12-40(13-11-38)33(42)45-34(2,3)4/h8-9,20-21H,10-19,22-23H2,1-7H3. The van der Waals surface area contributed by atoms with Crippen LogP contribution in [-0.4, -0.2) is 108 Å². The number of morpholine rings is 1. The van der Waals surface area contributed by atoms with E-state index in [2.05, 4.69) is 58.3 Å². The zero-order valence-corrected chi connectivity index (χ0v) is 30.8. The number of thiophene rings is 1. The molecule has 5 heterocycles. The van der Waals surface area contributed by atoms with Crippen molar-refractivity contribution in [3.8, 4) is 11.4 Å². The number of anilines is 1. The number of rotatable bonds is 9. The number of fused-ring (bicyclic) bond motifs is 2. The monoisotopic (exact) mass is 679 g/mol. The van der Waals surface area contributed by atoms with Gasteiger partial charge in [0.1, 0.15) is 28.8 Å². The van der Waals surface area contributed by atoms with Gasteiger partial charge < -0.3 is 28.6 Å². The third kappa shape index (κ3) is 8.31. The molecule has 0 unspecified atom stereocenters. The number of nitrogens with zero attached hydrogens (tertiary/aromatic N) is 7. The van der Waals surface area contributed by atoms with Gasteiger partial charge in [0.15, 0.2) is 5.82 Å². The Morgan fingerprint density at radius 1 is 1.00 bits per heavy atom. The van der Waals surface area contributed by atoms with E-state index in [1.165, 1.54) is 4.88 Å². The second kappa shape index (κ2) is 13.8. The van der Waals surface area contributed by atoms with Crippen LogP contribution in [0.2, 0.25) is 25.7 Å². The van der Waals surface area contributed by atoms with Crippen LogP contribution in [0.4, 0.5) is 10.6 Å². The van der Waals surface area contributed by atoms with Gasteiger partial charge in [-0.25, -0.2) is 19.7 Å². The van der Waals surface area contributed by atoms with Crippen molar-refractivity contribution in [1.82, 2.24) is 29.3 Å². The number of ether oxygens (including phenoxy) is 3. The fourth-order valence-corrected chi connectivity index (χ4v) is 7.72. The predicted molar refractivity (Wildman–Crippen MR) is 191 cm³/mol. The van der Waals surface area contributed by atoms with Crippen LogP contribution in [0.15, 0.2) is 24.3 Å². The van der Waals surface area contributed by atoms with E-state index in [9.17, 15) is 4.79 Å². The molecule has 2 aliphatic rings. The molecule has 0 aliphatic carbocycles. The van der Waals surface area contributed by atoms with Crippen molar-refractivity contribution in [1.29, 1.82) is 0 Å². The Balaban J connectivity index is 1.25. The minimum Gasteiger partial charge on any atom is -0.444 e. The zero-order chi connectivity index (χ0) is 33.3. The molecule has 11 nitrogen and oxygen atoms in total. The van der Waals surface area contributed by atoms with Gasteiger partial charge in [-0.3, -0.25) is 4.90 Å². The summed E-state index contributed by atoms with van der Waals surface area (Å²) in [6, 6.07) is 9.69. The van der Waals surface area contributed by atoms with Gasteiger partial charge in [0.05, 0.1) is 29.6 Å². The van der Waals surface area contributed by atoms with Crippen LogP contribution < -0.4 is 4.90 Å². The summed E-state index contributed by atoms with van der Waals surface area (Å²) in [5.74, 6) is 2.61. The number of piperazine rings is 1. The normalized spacial score (nSPS) is 16.8. The SMILES string of the molecule is Cc1nc2ccc(-c3nc(N4CCOCC4)c4cc(CN5CCN(C(=O)OC(C)(C)C)CC5)sc4n3)cc2n1COCC[Si](C)(C)C. The van der Waals surface area contributed by atoms with Crippen LogP contribution in [0, 0.1) is 6.92 Å². The van der Waals surface area contributed by atoms with Crippen molar-refractivity contribution < 1.29 is 19.0 Å². The molecule has 0 radical (unpaired) electrons. The second-order valence-electron chi connectivity index (χ2n) is 14.8. The largest absolute Gasteiger partial charge is 0.444 e. The van der Waals surface area contributed by atoms with Crippen LogP contribution in [0.5, 0.6) is 0 Å². The predicted octanol–water partition coefficient (Wildman–Crippen LogP) is 6.22. The van der Waals surface area contributed by atoms with E-state index in [4.69, 9.17) is 29.2 Å². The first-order chi connectivity index (χ1) is 22.3. The summed E-state index contributed by atoms with van der Waals surface area (Å²) in [5.41, 5.74) is 2.45. The van der Waals surface area contributed by atoms with Gasteiger partial charge in [0.25, 0.3) is 0 Å². The topological polar surface area (TPSA) is 98.1 Å². The Hall–Kier alpha value is -3.10. The highest BCUT2D eigenvalue weighted by molar-refractivity contribution is 7.18. The lowest BCUT2D eigenvalue weighted by Crippen LogP contribution is -2.49. The number of imidazole rings is 1. The molecule has 13 heteroatoms. The van der Waals surface area contributed by atoms with E-state index in [1.54, 1.807) is 11.3 Å². The molecule has 1 aromatic carbocycles. The molecule has 3 aromatic heterocycles. The van der Waals surface area contributed by atoms with E-state index in [1.807, 2.05) is 32.6 Å². The Morgan fingerprint density at radius 3 is 2.45 bits per heavy atom. The number of hydrogen-bond acceptors (Lipinski definition) is 10. The molecule has 0 spiro atoms. The maximum atomic E-state index is 12.6. The molecule has 0 N–H and O–H groups in total. The molecule has 0 saturated carbocycles. The molecule has 2 fully saturated rings. The van der Waals surface area contributed by atoms with E-state index in [0.717, 1.165) is 83.8 Å². The quantitative estimate of drug-likeness (QED) is 0.151. The van der Waals surface area contributed by atoms with E-state index >= 15 is 0 Å². The van der Waals surface area contributed by atoms with Crippen molar-refractivity contribution in [3.63, 3.8) is 0 Å². The van der Waals surface area contributed by atoms with Crippen molar-refractivity contribution in [2.24, 2.45) is 0 Å². The van der Waals surface area contributed by atoms with Crippen molar-refractivity contribution in [3.05, 3.63) is 35.0 Å². The van der Waals surface area contributed by atoms with Gasteiger partial charge in [-0.2, -0.15) is 0 Å². The number of carbonyl (C=O) groups is 1. The van der Waals surface area contributed by atoms with Crippen molar-refractivity contribution in [2.75, 3.05) is 64.0 Å². The highest BCUT2D eigenvalue weighted by Gasteiger charge is 2.27. The van der Waals surface area contributed by atoms with Gasteiger partial charge in [-0.05, 0) is 58.0 Å². The van der Waals surface area contributed by atoms with Crippen LogP contribution in [-0.2, 0) is 27.5 Å². The van der Waals surface area contributed by atoms with Gasteiger partial charge in [-0.15, -0.1) is 11.3 Å². The molecule has 47 heavy (non-hydrogen) atoms. The third-order valence-corrected chi connectivity index (χ3v) is 11.3. The Morgan fingerprint density at radius 2 is 1.74 bits per heavy atom. The highest BCUT2D eigenvalue weighted by atomic mass is 32.1. The summed E-state index contributed by atoms with van der Waals surface area (Å²) in [6.45, 7) is 22.8. The average Bonchev–Trinajstić information content (AvgIpc) is 3.57. The van der Waals surface area contributed by atoms with Crippen LogP contribution in [0.3, 0.4) is 0 Å². The Labute approximate surface area is 282 Å². The smallest absolute Gasteiger partial charge is 0.410 e. The molecule has 1 amide bonds. The van der Waals surface area contributed by atoms with Crippen LogP contribution in [0.25, 0.3) is 32.6 Å². The average molecular weight is 680 g/mol. The Kier molecular flexibility index (Phi) is 9.91. The molecule has 0 atom stereocenters. The van der Waals surface area contributed by atoms with Crippen LogP contribution >= 0.6 is 11.3 Å². The highest BCUT2D eigenvalue weighted by Crippen LogP contribution is 2.35. The third-order valence-electron chi connectivity index (χ3n) is 8.55. The van der Waals surface area contributed by atoms with Gasteiger partial charge >= 0.3 is 6.09 Å². The van der Waals surface area contributed by atoms with Crippen molar-refractivity contribution >= 4 is 52.6 Å². The Bertz CT molecular complexity index is 1710. The zero-order valence-electron chi connectivity index (χ0n) is 29.0. The summed E-state index contributed by atoms with van der Waals surface area (Å²) >= 11 is 1.73. The summed E-state index contributed by atoms with van der Waals surface area (Å²) in [4.78, 5) is 36.5. The lowest BCUT2D eigenvalue weighted by atomic mass is 10.1.